The molecule has 0 radical (unpaired) electrons. The molecule has 6 heteroatoms. The number of hydrogen-bond acceptors (Lipinski definition) is 4. The van der Waals surface area contributed by atoms with E-state index in [1.165, 1.54) is 5.71 Å². The molecule has 0 aromatic rings. The Morgan fingerprint density at radius 2 is 1.48 bits per heavy atom. The van der Waals surface area contributed by atoms with Gasteiger partial charge in [-0.2, -0.15) is 0 Å². The summed E-state index contributed by atoms with van der Waals surface area (Å²) in [5.74, 6) is 0.669. The Morgan fingerprint density at radius 3 is 1.86 bits per heavy atom. The van der Waals surface area contributed by atoms with Gasteiger partial charge in [-0.25, -0.2) is 0 Å². The minimum atomic E-state index is -2.47. The fourth-order valence-corrected chi connectivity index (χ4v) is 4.82. The van der Waals surface area contributed by atoms with Gasteiger partial charge in [0.05, 0.1) is 0 Å². The van der Waals surface area contributed by atoms with E-state index in [-0.39, 0.29) is 12.4 Å². The Labute approximate surface area is 138 Å². The fraction of sp³-hybridized carbons (Fsp3) is 0.933. The van der Waals surface area contributed by atoms with E-state index < -0.39 is 8.80 Å². The third-order valence-corrected chi connectivity index (χ3v) is 5.97. The fourth-order valence-electron chi connectivity index (χ4n) is 2.22. The first-order chi connectivity index (χ1) is 9.49. The summed E-state index contributed by atoms with van der Waals surface area (Å²) in [6.07, 6.45) is 2.03. The number of aliphatic imine (C=N–C) groups is 1. The van der Waals surface area contributed by atoms with Gasteiger partial charge in [0.1, 0.15) is 0 Å². The van der Waals surface area contributed by atoms with Gasteiger partial charge in [-0.1, -0.05) is 13.8 Å². The largest absolute Gasteiger partial charge is 0.500 e. The first kappa shape index (κ1) is 23.3. The second kappa shape index (κ2) is 13.7. The van der Waals surface area contributed by atoms with Crippen LogP contribution in [0.1, 0.15) is 54.4 Å². The van der Waals surface area contributed by atoms with E-state index in [1.54, 1.807) is 0 Å². The average molecular weight is 340 g/mol. The van der Waals surface area contributed by atoms with Gasteiger partial charge in [-0.15, -0.1) is 12.4 Å². The molecule has 0 rings (SSSR count). The first-order valence-corrected chi connectivity index (χ1v) is 9.84. The van der Waals surface area contributed by atoms with Crippen LogP contribution in [-0.4, -0.2) is 40.9 Å². The van der Waals surface area contributed by atoms with E-state index in [0.29, 0.717) is 25.7 Å². The summed E-state index contributed by atoms with van der Waals surface area (Å²) in [7, 11) is -2.47. The van der Waals surface area contributed by atoms with E-state index in [0.717, 1.165) is 25.4 Å². The van der Waals surface area contributed by atoms with E-state index in [1.807, 2.05) is 20.8 Å². The molecule has 0 heterocycles. The summed E-state index contributed by atoms with van der Waals surface area (Å²) < 4.78 is 17.5. The van der Waals surface area contributed by atoms with Gasteiger partial charge < -0.3 is 13.3 Å². The van der Waals surface area contributed by atoms with Gasteiger partial charge in [0.15, 0.2) is 0 Å². The highest BCUT2D eigenvalue weighted by Crippen LogP contribution is 2.18. The highest BCUT2D eigenvalue weighted by molar-refractivity contribution is 6.60. The molecule has 0 spiro atoms. The summed E-state index contributed by atoms with van der Waals surface area (Å²) in [4.78, 5) is 4.62. The molecule has 0 saturated carbocycles. The molecule has 0 aromatic carbocycles. The normalized spacial score (nSPS) is 12.6. The minimum Gasteiger partial charge on any atom is -0.374 e. The molecular formula is C15H34ClNO3Si. The predicted molar refractivity (Wildman–Crippen MR) is 94.7 cm³/mol. The minimum absolute atomic E-state index is 0. The lowest BCUT2D eigenvalue weighted by Gasteiger charge is -2.28. The Kier molecular flexibility index (Phi) is 15.2. The number of hydrogen-bond donors (Lipinski definition) is 0. The molecule has 0 unspecified atom stereocenters. The van der Waals surface area contributed by atoms with E-state index >= 15 is 0 Å². The van der Waals surface area contributed by atoms with Crippen molar-refractivity contribution >= 4 is 26.9 Å². The third-order valence-electron chi connectivity index (χ3n) is 2.82. The second-order valence-corrected chi connectivity index (χ2v) is 8.03. The van der Waals surface area contributed by atoms with E-state index in [4.69, 9.17) is 13.3 Å². The number of nitrogens with zero attached hydrogens (tertiary/aromatic N) is 1. The number of halogens is 1. The maximum Gasteiger partial charge on any atom is 0.500 e. The van der Waals surface area contributed by atoms with Gasteiger partial charge in [0, 0.05) is 38.1 Å². The predicted octanol–water partition coefficient (Wildman–Crippen LogP) is 4.35. The van der Waals surface area contributed by atoms with Gasteiger partial charge in [0.25, 0.3) is 0 Å². The van der Waals surface area contributed by atoms with Crippen molar-refractivity contribution in [1.82, 2.24) is 0 Å². The van der Waals surface area contributed by atoms with Gasteiger partial charge in [0.2, 0.25) is 0 Å². The lowest BCUT2D eigenvalue weighted by atomic mass is 10.1. The maximum atomic E-state index is 5.83. The molecule has 0 aliphatic rings. The van der Waals surface area contributed by atoms with Crippen LogP contribution in [0.25, 0.3) is 0 Å². The van der Waals surface area contributed by atoms with Crippen molar-refractivity contribution in [2.45, 2.75) is 60.4 Å². The lowest BCUT2D eigenvalue weighted by molar-refractivity contribution is 0.0710. The maximum absolute atomic E-state index is 5.83. The summed E-state index contributed by atoms with van der Waals surface area (Å²) in [6.45, 7) is 15.3. The van der Waals surface area contributed by atoms with Crippen LogP contribution in [0.4, 0.5) is 0 Å². The molecule has 0 amide bonds. The Bertz CT molecular complexity index is 259. The topological polar surface area (TPSA) is 40.0 Å². The molecule has 0 atom stereocenters. The van der Waals surface area contributed by atoms with Gasteiger partial charge in [-0.05, 0) is 46.5 Å². The molecule has 4 nitrogen and oxygen atoms in total. The van der Waals surface area contributed by atoms with Crippen LogP contribution < -0.4 is 0 Å². The molecule has 0 fully saturated rings. The monoisotopic (exact) mass is 339 g/mol. The van der Waals surface area contributed by atoms with Crippen LogP contribution in [0.5, 0.6) is 0 Å². The smallest absolute Gasteiger partial charge is 0.374 e. The van der Waals surface area contributed by atoms with Crippen LogP contribution in [0, 0.1) is 5.92 Å². The average Bonchev–Trinajstić information content (AvgIpc) is 2.35. The molecule has 21 heavy (non-hydrogen) atoms. The van der Waals surface area contributed by atoms with Crippen LogP contribution >= 0.6 is 12.4 Å². The molecule has 0 bridgehead atoms. The highest BCUT2D eigenvalue weighted by atomic mass is 35.5. The number of rotatable bonds is 12. The quantitative estimate of drug-likeness (QED) is 0.301. The van der Waals surface area contributed by atoms with Crippen LogP contribution in [-0.2, 0) is 13.3 Å². The van der Waals surface area contributed by atoms with Crippen molar-refractivity contribution in [2.75, 3.05) is 26.4 Å². The summed E-state index contributed by atoms with van der Waals surface area (Å²) in [5.41, 5.74) is 1.23. The molecule has 0 aliphatic carbocycles. The molecule has 0 aliphatic heterocycles. The SMILES string of the molecule is CCO[Si](CCCN=C(C)CC(C)C)(OCC)OCC.Cl. The van der Waals surface area contributed by atoms with Crippen molar-refractivity contribution in [3.63, 3.8) is 0 Å². The van der Waals surface area contributed by atoms with Crippen LogP contribution in [0.15, 0.2) is 4.99 Å². The van der Waals surface area contributed by atoms with Gasteiger partial charge in [-0.3, -0.25) is 4.99 Å². The zero-order valence-corrected chi connectivity index (χ0v) is 16.4. The zero-order valence-electron chi connectivity index (χ0n) is 14.6. The third kappa shape index (κ3) is 11.3. The molecule has 0 saturated heterocycles. The second-order valence-electron chi connectivity index (χ2n) is 5.30. The molecular weight excluding hydrogens is 306 g/mol. The molecule has 0 N–H and O–H groups in total. The van der Waals surface area contributed by atoms with Crippen LogP contribution in [0.3, 0.4) is 0 Å². The van der Waals surface area contributed by atoms with Crippen LogP contribution in [0.2, 0.25) is 6.04 Å². The molecule has 0 aromatic heterocycles. The van der Waals surface area contributed by atoms with Crippen molar-refractivity contribution in [3.8, 4) is 0 Å². The summed E-state index contributed by atoms with van der Waals surface area (Å²) >= 11 is 0. The first-order valence-electron chi connectivity index (χ1n) is 7.91. The van der Waals surface area contributed by atoms with Crippen molar-refractivity contribution in [2.24, 2.45) is 10.9 Å². The van der Waals surface area contributed by atoms with Gasteiger partial charge >= 0.3 is 8.80 Å². The Morgan fingerprint density at radius 1 is 1.00 bits per heavy atom. The summed E-state index contributed by atoms with van der Waals surface area (Å²) in [5, 5.41) is 0. The van der Waals surface area contributed by atoms with E-state index in [9.17, 15) is 0 Å². The van der Waals surface area contributed by atoms with Crippen molar-refractivity contribution in [3.05, 3.63) is 0 Å². The zero-order chi connectivity index (χ0) is 15.4. The van der Waals surface area contributed by atoms with Crippen molar-refractivity contribution < 1.29 is 13.3 Å². The summed E-state index contributed by atoms with van der Waals surface area (Å²) in [6, 6.07) is 0.848. The van der Waals surface area contributed by atoms with E-state index in [2.05, 4.69) is 25.8 Å². The van der Waals surface area contributed by atoms with Crippen molar-refractivity contribution in [1.29, 1.82) is 0 Å². The molecule has 128 valence electrons. The lowest BCUT2D eigenvalue weighted by Crippen LogP contribution is -2.46. The Balaban J connectivity index is 0. The Hall–Kier alpha value is 0.0569. The highest BCUT2D eigenvalue weighted by Gasteiger charge is 2.39. The standard InChI is InChI=1S/C15H33NO3Si.ClH/c1-7-17-20(18-8-2,19-9-3)12-10-11-16-15(6)13-14(4)5;/h14H,7-13H2,1-6H3;1H.